The van der Waals surface area contributed by atoms with Crippen LogP contribution in [-0.4, -0.2) is 18.6 Å². The molecule has 0 aliphatic rings. The molecule has 0 aliphatic carbocycles. The first-order chi connectivity index (χ1) is 8.20. The molecule has 0 saturated heterocycles. The molecule has 1 atom stereocenters. The minimum atomic E-state index is -4.51. The van der Waals surface area contributed by atoms with Crippen LogP contribution in [0.4, 0.5) is 17.6 Å². The maximum absolute atomic E-state index is 13.5. The molecule has 18 heavy (non-hydrogen) atoms. The van der Waals surface area contributed by atoms with Gasteiger partial charge in [-0.1, -0.05) is 17.7 Å². The summed E-state index contributed by atoms with van der Waals surface area (Å²) in [5, 5.41) is 1.90. The summed E-state index contributed by atoms with van der Waals surface area (Å²) >= 11 is 0. The van der Waals surface area contributed by atoms with Gasteiger partial charge in [0.05, 0.1) is 6.54 Å². The number of alkyl halides is 3. The zero-order chi connectivity index (χ0) is 13.9. The SMILES string of the molecule is Cc1ccc(F)c(C(NCC(F)(F)F)C(N)=O)c1. The predicted octanol–water partition coefficient (Wildman–Crippen LogP) is 1.81. The summed E-state index contributed by atoms with van der Waals surface area (Å²) in [6.07, 6.45) is -4.51. The summed E-state index contributed by atoms with van der Waals surface area (Å²) < 4.78 is 49.7. The first-order valence-corrected chi connectivity index (χ1v) is 5.06. The van der Waals surface area contributed by atoms with Crippen molar-refractivity contribution < 1.29 is 22.4 Å². The Hall–Kier alpha value is -1.63. The highest BCUT2D eigenvalue weighted by atomic mass is 19.4. The summed E-state index contributed by atoms with van der Waals surface area (Å²) in [5.41, 5.74) is 5.41. The topological polar surface area (TPSA) is 55.1 Å². The van der Waals surface area contributed by atoms with Crippen LogP contribution in [-0.2, 0) is 4.79 Å². The number of amides is 1. The lowest BCUT2D eigenvalue weighted by Gasteiger charge is -2.18. The predicted molar refractivity (Wildman–Crippen MR) is 57.1 cm³/mol. The van der Waals surface area contributed by atoms with Crippen molar-refractivity contribution in [2.45, 2.75) is 19.1 Å². The molecule has 0 bridgehead atoms. The number of benzene rings is 1. The van der Waals surface area contributed by atoms with Crippen LogP contribution in [0, 0.1) is 12.7 Å². The van der Waals surface area contributed by atoms with E-state index < -0.39 is 30.5 Å². The van der Waals surface area contributed by atoms with Gasteiger partial charge in [0.15, 0.2) is 0 Å². The normalized spacial score (nSPS) is 13.4. The maximum atomic E-state index is 13.5. The summed E-state index contributed by atoms with van der Waals surface area (Å²) in [4.78, 5) is 11.1. The minimum Gasteiger partial charge on any atom is -0.368 e. The fraction of sp³-hybridized carbons (Fsp3) is 0.364. The Kier molecular flexibility index (Phi) is 4.28. The third-order valence-electron chi connectivity index (χ3n) is 2.25. The van der Waals surface area contributed by atoms with Gasteiger partial charge in [0.2, 0.25) is 5.91 Å². The molecule has 100 valence electrons. The lowest BCUT2D eigenvalue weighted by molar-refractivity contribution is -0.131. The van der Waals surface area contributed by atoms with E-state index in [-0.39, 0.29) is 5.56 Å². The second kappa shape index (κ2) is 5.34. The summed E-state index contributed by atoms with van der Waals surface area (Å²) in [5.74, 6) is -1.84. The van der Waals surface area contributed by atoms with Gasteiger partial charge in [-0.2, -0.15) is 13.2 Å². The molecule has 1 rings (SSSR count). The lowest BCUT2D eigenvalue weighted by Crippen LogP contribution is -2.39. The number of rotatable bonds is 4. The number of aryl methyl sites for hydroxylation is 1. The van der Waals surface area contributed by atoms with Crippen LogP contribution in [0.5, 0.6) is 0 Å². The Morgan fingerprint density at radius 2 is 2.06 bits per heavy atom. The minimum absolute atomic E-state index is 0.188. The van der Waals surface area contributed by atoms with Crippen LogP contribution in [0.1, 0.15) is 17.2 Å². The van der Waals surface area contributed by atoms with Crippen LogP contribution in [0.15, 0.2) is 18.2 Å². The van der Waals surface area contributed by atoms with Crippen molar-refractivity contribution in [2.24, 2.45) is 5.73 Å². The van der Waals surface area contributed by atoms with Gasteiger partial charge in [0.1, 0.15) is 11.9 Å². The van der Waals surface area contributed by atoms with E-state index in [0.29, 0.717) is 5.56 Å². The van der Waals surface area contributed by atoms with E-state index in [1.807, 2.05) is 5.32 Å². The fourth-order valence-electron chi connectivity index (χ4n) is 1.47. The number of hydrogen-bond acceptors (Lipinski definition) is 2. The van der Waals surface area contributed by atoms with Gasteiger partial charge in [0, 0.05) is 5.56 Å². The van der Waals surface area contributed by atoms with Gasteiger partial charge in [-0.3, -0.25) is 10.1 Å². The number of halogens is 4. The zero-order valence-electron chi connectivity index (χ0n) is 9.51. The fourth-order valence-corrected chi connectivity index (χ4v) is 1.47. The van der Waals surface area contributed by atoms with E-state index in [1.165, 1.54) is 12.1 Å². The van der Waals surface area contributed by atoms with Crippen molar-refractivity contribution in [3.63, 3.8) is 0 Å². The van der Waals surface area contributed by atoms with Gasteiger partial charge in [-0.15, -0.1) is 0 Å². The van der Waals surface area contributed by atoms with E-state index in [2.05, 4.69) is 0 Å². The monoisotopic (exact) mass is 264 g/mol. The molecule has 1 unspecified atom stereocenters. The molecule has 3 nitrogen and oxygen atoms in total. The van der Waals surface area contributed by atoms with E-state index in [9.17, 15) is 22.4 Å². The van der Waals surface area contributed by atoms with Crippen molar-refractivity contribution in [3.05, 3.63) is 35.1 Å². The lowest BCUT2D eigenvalue weighted by atomic mass is 10.0. The van der Waals surface area contributed by atoms with Gasteiger partial charge in [0.25, 0.3) is 0 Å². The Morgan fingerprint density at radius 1 is 1.44 bits per heavy atom. The van der Waals surface area contributed by atoms with Crippen molar-refractivity contribution in [1.82, 2.24) is 5.32 Å². The Morgan fingerprint density at radius 3 is 2.56 bits per heavy atom. The molecule has 1 aromatic carbocycles. The van der Waals surface area contributed by atoms with Gasteiger partial charge in [-0.05, 0) is 13.0 Å². The van der Waals surface area contributed by atoms with Gasteiger partial charge >= 0.3 is 6.18 Å². The third-order valence-corrected chi connectivity index (χ3v) is 2.25. The van der Waals surface area contributed by atoms with Gasteiger partial charge in [-0.25, -0.2) is 4.39 Å². The highest BCUT2D eigenvalue weighted by Gasteiger charge is 2.31. The van der Waals surface area contributed by atoms with E-state index in [0.717, 1.165) is 6.07 Å². The highest BCUT2D eigenvalue weighted by Crippen LogP contribution is 2.20. The maximum Gasteiger partial charge on any atom is 0.401 e. The summed E-state index contributed by atoms with van der Waals surface area (Å²) in [7, 11) is 0. The second-order valence-corrected chi connectivity index (χ2v) is 3.86. The van der Waals surface area contributed by atoms with Gasteiger partial charge < -0.3 is 5.73 Å². The van der Waals surface area contributed by atoms with Crippen molar-refractivity contribution in [3.8, 4) is 0 Å². The van der Waals surface area contributed by atoms with Crippen molar-refractivity contribution in [2.75, 3.05) is 6.54 Å². The number of hydrogen-bond donors (Lipinski definition) is 2. The molecule has 3 N–H and O–H groups in total. The molecule has 0 saturated carbocycles. The first kappa shape index (κ1) is 14.4. The number of nitrogens with one attached hydrogen (secondary N) is 1. The van der Waals surface area contributed by atoms with Crippen LogP contribution >= 0.6 is 0 Å². The van der Waals surface area contributed by atoms with E-state index >= 15 is 0 Å². The standard InChI is InChI=1S/C11H12F4N2O/c1-6-2-3-8(12)7(4-6)9(10(16)18)17-5-11(13,14)15/h2-4,9,17H,5H2,1H3,(H2,16,18). The van der Waals surface area contributed by atoms with E-state index in [1.54, 1.807) is 6.92 Å². The molecular formula is C11H12F4N2O. The summed E-state index contributed by atoms with van der Waals surface area (Å²) in [6, 6.07) is 2.30. The van der Waals surface area contributed by atoms with Crippen molar-refractivity contribution in [1.29, 1.82) is 0 Å². The number of primary amides is 1. The molecule has 0 fully saturated rings. The molecule has 0 aliphatic heterocycles. The van der Waals surface area contributed by atoms with Crippen LogP contribution in [0.3, 0.4) is 0 Å². The third kappa shape index (κ3) is 3.99. The molecule has 1 aromatic rings. The number of carbonyl (C=O) groups is 1. The molecular weight excluding hydrogens is 252 g/mol. The summed E-state index contributed by atoms with van der Waals surface area (Å²) in [6.45, 7) is 0.207. The van der Waals surface area contributed by atoms with Crippen molar-refractivity contribution >= 4 is 5.91 Å². The molecule has 0 heterocycles. The molecule has 7 heteroatoms. The Labute approximate surface area is 101 Å². The smallest absolute Gasteiger partial charge is 0.368 e. The molecule has 0 aromatic heterocycles. The zero-order valence-corrected chi connectivity index (χ0v) is 9.51. The molecule has 1 amide bonds. The average molecular weight is 264 g/mol. The van der Waals surface area contributed by atoms with E-state index in [4.69, 9.17) is 5.73 Å². The molecule has 0 radical (unpaired) electrons. The average Bonchev–Trinajstić information content (AvgIpc) is 2.21. The van der Waals surface area contributed by atoms with Crippen LogP contribution in [0.2, 0.25) is 0 Å². The number of nitrogens with two attached hydrogens (primary N) is 1. The largest absolute Gasteiger partial charge is 0.401 e. The molecule has 0 spiro atoms. The first-order valence-electron chi connectivity index (χ1n) is 5.06. The van der Waals surface area contributed by atoms with Crippen LogP contribution < -0.4 is 11.1 Å². The quantitative estimate of drug-likeness (QED) is 0.815. The highest BCUT2D eigenvalue weighted by molar-refractivity contribution is 5.81. The number of carbonyl (C=O) groups excluding carboxylic acids is 1. The Bertz CT molecular complexity index is 445. The second-order valence-electron chi connectivity index (χ2n) is 3.86. The van der Waals surface area contributed by atoms with Crippen LogP contribution in [0.25, 0.3) is 0 Å². The Balaban J connectivity index is 2.98.